The second-order valence-corrected chi connectivity index (χ2v) is 4.41. The lowest BCUT2D eigenvalue weighted by Crippen LogP contribution is -2.16. The van der Waals surface area contributed by atoms with E-state index in [0.29, 0.717) is 0 Å². The molecule has 0 aliphatic carbocycles. The third-order valence-electron chi connectivity index (χ3n) is 2.55. The second-order valence-electron chi connectivity index (χ2n) is 4.41. The molecule has 0 aromatic carbocycles. The third kappa shape index (κ3) is 12.0. The molecule has 1 nitrogen and oxygen atoms in total. The zero-order valence-corrected chi connectivity index (χ0v) is 10.4. The van der Waals surface area contributed by atoms with Gasteiger partial charge in [-0.3, -0.25) is 0 Å². The summed E-state index contributed by atoms with van der Waals surface area (Å²) in [4.78, 5) is 2.15. The first-order valence-electron chi connectivity index (χ1n) is 6.27. The lowest BCUT2D eigenvalue weighted by molar-refractivity contribution is 0.580. The Kier molecular flexibility index (Phi) is 11.1. The molecule has 2 heteroatoms. The minimum atomic E-state index is 1.25. The highest BCUT2D eigenvalue weighted by molar-refractivity contribution is 6.31. The van der Waals surface area contributed by atoms with Crippen molar-refractivity contribution in [3.05, 3.63) is 0 Å². The van der Waals surface area contributed by atoms with Crippen molar-refractivity contribution in [3.63, 3.8) is 0 Å². The van der Waals surface area contributed by atoms with Gasteiger partial charge in [0.2, 0.25) is 7.41 Å². The van der Waals surface area contributed by atoms with Crippen molar-refractivity contribution >= 4 is 7.41 Å². The highest BCUT2D eigenvalue weighted by Crippen LogP contribution is 2.09. The van der Waals surface area contributed by atoms with Crippen LogP contribution >= 0.6 is 0 Å². The minimum Gasteiger partial charge on any atom is -0.352 e. The average Bonchev–Trinajstić information content (AvgIpc) is 2.15. The number of unbranched alkanes of at least 4 members (excludes halogenated alkanes) is 7. The van der Waals surface area contributed by atoms with Gasteiger partial charge in [0.05, 0.1) is 0 Å². The second kappa shape index (κ2) is 11.1. The van der Waals surface area contributed by atoms with Crippen LogP contribution in [0.4, 0.5) is 0 Å². The first-order valence-corrected chi connectivity index (χ1v) is 6.27. The predicted molar refractivity (Wildman–Crippen MR) is 66.9 cm³/mol. The van der Waals surface area contributed by atoms with E-state index in [9.17, 15) is 0 Å². The molecule has 0 bridgehead atoms. The van der Waals surface area contributed by atoms with Gasteiger partial charge in [-0.05, 0) is 14.1 Å². The Morgan fingerprint density at radius 3 is 1.79 bits per heavy atom. The molecule has 0 aromatic rings. The summed E-state index contributed by atoms with van der Waals surface area (Å²) in [5.74, 6) is 0. The van der Waals surface area contributed by atoms with Crippen molar-refractivity contribution in [1.82, 2.24) is 4.81 Å². The van der Waals surface area contributed by atoms with Gasteiger partial charge in [0.15, 0.2) is 0 Å². The van der Waals surface area contributed by atoms with Gasteiger partial charge in [0.1, 0.15) is 0 Å². The number of hydrogen-bond acceptors (Lipinski definition) is 1. The van der Waals surface area contributed by atoms with Gasteiger partial charge in [-0.1, -0.05) is 64.6 Å². The van der Waals surface area contributed by atoms with Crippen LogP contribution in [0.5, 0.6) is 0 Å². The van der Waals surface area contributed by atoms with E-state index in [4.69, 9.17) is 0 Å². The lowest BCUT2D eigenvalue weighted by atomic mass is 9.84. The smallest absolute Gasteiger partial charge is 0.207 e. The van der Waals surface area contributed by atoms with E-state index in [1.807, 2.05) is 0 Å². The average molecular weight is 196 g/mol. The molecule has 0 aliphatic heterocycles. The quantitative estimate of drug-likeness (QED) is 0.380. The highest BCUT2D eigenvalue weighted by Gasteiger charge is 1.94. The summed E-state index contributed by atoms with van der Waals surface area (Å²) < 4.78 is 0. The Balaban J connectivity index is 2.85. The van der Waals surface area contributed by atoms with E-state index in [1.54, 1.807) is 0 Å². The molecule has 0 aliphatic rings. The molecule has 0 heterocycles. The zero-order valence-electron chi connectivity index (χ0n) is 10.4. The van der Waals surface area contributed by atoms with E-state index >= 15 is 0 Å². The topological polar surface area (TPSA) is 3.24 Å². The number of nitrogens with zero attached hydrogens (tertiary/aromatic N) is 1. The first-order chi connectivity index (χ1) is 6.77. The predicted octanol–water partition coefficient (Wildman–Crippen LogP) is 3.73. The summed E-state index contributed by atoms with van der Waals surface area (Å²) in [6.45, 7) is 2.27. The van der Waals surface area contributed by atoms with Crippen molar-refractivity contribution < 1.29 is 0 Å². The normalized spacial score (nSPS) is 10.9. The molecular weight excluding hydrogens is 169 g/mol. The summed E-state index contributed by atoms with van der Waals surface area (Å²) in [5, 5.41) is 0. The van der Waals surface area contributed by atoms with Crippen LogP contribution in [0.15, 0.2) is 0 Å². The Hall–Kier alpha value is 0.0249. The highest BCUT2D eigenvalue weighted by atomic mass is 15.0. The van der Waals surface area contributed by atoms with Crippen molar-refractivity contribution in [1.29, 1.82) is 0 Å². The summed E-state index contributed by atoms with van der Waals surface area (Å²) in [7, 11) is 6.48. The zero-order chi connectivity index (χ0) is 10.6. The summed E-state index contributed by atoms with van der Waals surface area (Å²) in [5.41, 5.74) is 0. The summed E-state index contributed by atoms with van der Waals surface area (Å²) >= 11 is 0. The molecule has 0 saturated heterocycles. The van der Waals surface area contributed by atoms with E-state index in [2.05, 4.69) is 33.2 Å². The van der Waals surface area contributed by atoms with E-state index in [-0.39, 0.29) is 0 Å². The Labute approximate surface area is 91.5 Å². The Bertz CT molecular complexity index is 104. The Morgan fingerprint density at radius 1 is 0.786 bits per heavy atom. The maximum atomic E-state index is 2.27. The molecule has 0 unspecified atom stereocenters. The van der Waals surface area contributed by atoms with Crippen LogP contribution in [0, 0.1) is 0 Å². The summed E-state index contributed by atoms with van der Waals surface area (Å²) in [6.07, 6.45) is 12.6. The maximum Gasteiger partial charge on any atom is 0.207 e. The fraction of sp³-hybridized carbons (Fsp3) is 1.00. The van der Waals surface area contributed by atoms with Gasteiger partial charge in [-0.25, -0.2) is 0 Å². The van der Waals surface area contributed by atoms with Gasteiger partial charge in [-0.15, -0.1) is 0 Å². The molecule has 0 atom stereocenters. The molecule has 0 amide bonds. The van der Waals surface area contributed by atoms with E-state index in [1.165, 1.54) is 57.7 Å². The van der Waals surface area contributed by atoms with Crippen molar-refractivity contribution in [2.24, 2.45) is 0 Å². The van der Waals surface area contributed by atoms with Crippen molar-refractivity contribution in [2.45, 2.75) is 64.6 Å². The fourth-order valence-corrected chi connectivity index (χ4v) is 1.63. The molecule has 0 aromatic heterocycles. The van der Waals surface area contributed by atoms with E-state index in [0.717, 1.165) is 0 Å². The first kappa shape index (κ1) is 14.0. The monoisotopic (exact) mass is 196 g/mol. The van der Waals surface area contributed by atoms with Gasteiger partial charge in [0.25, 0.3) is 0 Å². The molecule has 0 N–H and O–H groups in total. The molecule has 83 valence electrons. The molecule has 0 spiro atoms. The van der Waals surface area contributed by atoms with Gasteiger partial charge in [0, 0.05) is 0 Å². The van der Waals surface area contributed by atoms with E-state index < -0.39 is 0 Å². The SMILES string of the molecule is CCCCCCCCCC[B]N(C)C. The van der Waals surface area contributed by atoms with Crippen LogP contribution < -0.4 is 0 Å². The van der Waals surface area contributed by atoms with Crippen LogP contribution in [-0.2, 0) is 0 Å². The third-order valence-corrected chi connectivity index (χ3v) is 2.55. The number of hydrogen-bond donors (Lipinski definition) is 0. The van der Waals surface area contributed by atoms with Crippen LogP contribution in [0.3, 0.4) is 0 Å². The number of rotatable bonds is 10. The standard InChI is InChI=1S/C12H27BN/c1-4-5-6-7-8-9-10-11-12-13-14(2)3/h4-12H2,1-3H3. The van der Waals surface area contributed by atoms with Gasteiger partial charge < -0.3 is 4.81 Å². The van der Waals surface area contributed by atoms with Gasteiger partial charge >= 0.3 is 0 Å². The molecule has 1 radical (unpaired) electrons. The molecule has 0 fully saturated rings. The lowest BCUT2D eigenvalue weighted by Gasteiger charge is -2.06. The Morgan fingerprint density at radius 2 is 1.29 bits per heavy atom. The maximum absolute atomic E-state index is 2.27. The fourth-order valence-electron chi connectivity index (χ4n) is 1.63. The van der Waals surface area contributed by atoms with Crippen LogP contribution in [0.25, 0.3) is 0 Å². The molecule has 14 heavy (non-hydrogen) atoms. The molecule has 0 saturated carbocycles. The van der Waals surface area contributed by atoms with Crippen molar-refractivity contribution in [3.8, 4) is 0 Å². The molecule has 0 rings (SSSR count). The summed E-state index contributed by atoms with van der Waals surface area (Å²) in [6, 6.07) is 0. The van der Waals surface area contributed by atoms with Crippen LogP contribution in [0.1, 0.15) is 58.3 Å². The molecular formula is C12H27BN. The van der Waals surface area contributed by atoms with Crippen LogP contribution in [0.2, 0.25) is 6.32 Å². The minimum absolute atomic E-state index is 1.25. The van der Waals surface area contributed by atoms with Gasteiger partial charge in [-0.2, -0.15) is 0 Å². The largest absolute Gasteiger partial charge is 0.352 e. The van der Waals surface area contributed by atoms with Crippen molar-refractivity contribution in [2.75, 3.05) is 14.1 Å². The van der Waals surface area contributed by atoms with Crippen LogP contribution in [-0.4, -0.2) is 26.3 Å².